The highest BCUT2D eigenvalue weighted by atomic mass is 79.9. The number of allylic oxidation sites excluding steroid dienone is 5. The van der Waals surface area contributed by atoms with Crippen molar-refractivity contribution in [2.24, 2.45) is 17.3 Å². The van der Waals surface area contributed by atoms with Gasteiger partial charge in [0.2, 0.25) is 5.88 Å². The molecule has 2 aromatic heterocycles. The molecule has 5 aliphatic rings. The average Bonchev–Trinajstić information content (AvgIpc) is 3.42. The fourth-order valence-electron chi connectivity index (χ4n) is 7.15. The molecule has 3 unspecified atom stereocenters. The molecule has 0 bridgehead atoms. The number of nitrogens with zero attached hydrogens (tertiary/aromatic N) is 4. The first-order valence-electron chi connectivity index (χ1n) is 11.7. The summed E-state index contributed by atoms with van der Waals surface area (Å²) in [6.07, 6.45) is 4.37. The smallest absolute Gasteiger partial charge is 0.413 e. The van der Waals surface area contributed by atoms with Crippen molar-refractivity contribution in [2.45, 2.75) is 37.9 Å². The molecule has 35 heavy (non-hydrogen) atoms. The van der Waals surface area contributed by atoms with Crippen LogP contribution in [0.2, 0.25) is 0 Å². The monoisotopic (exact) mass is 545 g/mol. The number of hydrogen-bond donors (Lipinski definition) is 1. The zero-order valence-electron chi connectivity index (χ0n) is 19.2. The molecule has 10 heteroatoms. The van der Waals surface area contributed by atoms with Crippen molar-refractivity contribution < 1.29 is 17.9 Å². The minimum absolute atomic E-state index is 0.0465. The van der Waals surface area contributed by atoms with Gasteiger partial charge in [0.25, 0.3) is 0 Å². The second-order valence-corrected chi connectivity index (χ2v) is 11.0. The molecule has 0 aromatic carbocycles. The maximum Gasteiger partial charge on any atom is 0.413 e. The summed E-state index contributed by atoms with van der Waals surface area (Å²) in [5, 5.41) is 3.26. The van der Waals surface area contributed by atoms with Gasteiger partial charge in [-0.1, -0.05) is 22.0 Å². The standard InChI is InChI=1S/C25H23BrF3N5O/c1-13-10-34(12-30-13)18-5-4-16(31-21(18)35-2)17-11-33-7-3-6-23(22(33)32-17)20-15-8-14(26)9-19(24(15,20)23)25(27,28)29/h4-5,8-11,15,20,30H,3,6-7,12H2,1-2H3/t15?,20?,23-,24?/m0/s1. The Kier molecular flexibility index (Phi) is 4.13. The molecule has 182 valence electrons. The van der Waals surface area contributed by atoms with Gasteiger partial charge in [0, 0.05) is 45.5 Å². The molecule has 0 radical (unpaired) electrons. The molecule has 6 nitrogen and oxygen atoms in total. The van der Waals surface area contributed by atoms with Crippen molar-refractivity contribution in [3.63, 3.8) is 0 Å². The summed E-state index contributed by atoms with van der Waals surface area (Å²) in [5.74, 6) is 1.13. The van der Waals surface area contributed by atoms with Crippen LogP contribution in [0.15, 0.2) is 52.4 Å². The largest absolute Gasteiger partial charge is 0.479 e. The Morgan fingerprint density at radius 1 is 1.23 bits per heavy atom. The highest BCUT2D eigenvalue weighted by Gasteiger charge is 2.98. The molecular weight excluding hydrogens is 523 g/mol. The fourth-order valence-corrected chi connectivity index (χ4v) is 7.66. The summed E-state index contributed by atoms with van der Waals surface area (Å²) in [4.78, 5) is 11.7. The Bertz CT molecular complexity index is 1380. The van der Waals surface area contributed by atoms with Gasteiger partial charge in [0.1, 0.15) is 17.2 Å². The van der Waals surface area contributed by atoms with E-state index in [4.69, 9.17) is 14.7 Å². The number of anilines is 1. The van der Waals surface area contributed by atoms with E-state index in [1.807, 2.05) is 42.4 Å². The molecule has 0 amide bonds. The van der Waals surface area contributed by atoms with Gasteiger partial charge in [-0.2, -0.15) is 13.2 Å². The lowest BCUT2D eigenvalue weighted by atomic mass is 9.71. The number of imidazole rings is 1. The average molecular weight is 546 g/mol. The van der Waals surface area contributed by atoms with E-state index in [0.717, 1.165) is 36.6 Å². The van der Waals surface area contributed by atoms with Crippen molar-refractivity contribution >= 4 is 21.6 Å². The minimum Gasteiger partial charge on any atom is -0.479 e. The summed E-state index contributed by atoms with van der Waals surface area (Å²) < 4.78 is 50.6. The third-order valence-electron chi connectivity index (χ3n) is 8.45. The van der Waals surface area contributed by atoms with Gasteiger partial charge >= 0.3 is 6.18 Å². The molecule has 3 aliphatic carbocycles. The van der Waals surface area contributed by atoms with Crippen LogP contribution >= 0.6 is 15.9 Å². The van der Waals surface area contributed by atoms with Gasteiger partial charge < -0.3 is 19.5 Å². The van der Waals surface area contributed by atoms with E-state index in [9.17, 15) is 13.2 Å². The normalized spacial score (nSPS) is 32.2. The van der Waals surface area contributed by atoms with Gasteiger partial charge in [-0.05, 0) is 49.8 Å². The Labute approximate surface area is 208 Å². The van der Waals surface area contributed by atoms with Gasteiger partial charge in [-0.25, -0.2) is 9.97 Å². The van der Waals surface area contributed by atoms with Crippen LogP contribution in [0.4, 0.5) is 18.9 Å². The second kappa shape index (κ2) is 6.72. The van der Waals surface area contributed by atoms with E-state index >= 15 is 0 Å². The number of methoxy groups -OCH3 is 1. The Balaban J connectivity index is 1.27. The molecule has 2 spiro atoms. The van der Waals surface area contributed by atoms with Gasteiger partial charge in [-0.3, -0.25) is 0 Å². The molecule has 4 atom stereocenters. The van der Waals surface area contributed by atoms with Crippen LogP contribution in [0.25, 0.3) is 11.4 Å². The number of rotatable bonds is 3. The van der Waals surface area contributed by atoms with E-state index < -0.39 is 22.6 Å². The molecule has 2 saturated carbocycles. The van der Waals surface area contributed by atoms with Crippen molar-refractivity contribution in [1.82, 2.24) is 19.9 Å². The van der Waals surface area contributed by atoms with Crippen molar-refractivity contribution in [3.8, 4) is 17.3 Å². The van der Waals surface area contributed by atoms with Gasteiger partial charge in [-0.15, -0.1) is 0 Å². The lowest BCUT2D eigenvalue weighted by Gasteiger charge is -2.37. The van der Waals surface area contributed by atoms with E-state index in [0.29, 0.717) is 28.4 Å². The zero-order chi connectivity index (χ0) is 24.3. The van der Waals surface area contributed by atoms with Crippen LogP contribution in [-0.2, 0) is 12.0 Å². The molecular formula is C25H23BrF3N5O. The predicted octanol–water partition coefficient (Wildman–Crippen LogP) is 5.24. The third-order valence-corrected chi connectivity index (χ3v) is 8.95. The molecule has 2 aromatic rings. The molecule has 2 fully saturated rings. The SMILES string of the molecule is COc1nc(-c2cn3c(n2)[C@]2(CCC3)C3C4C=C(Br)C=C(C(F)(F)F)C432)ccc1N1C=C(C)NC1. The Morgan fingerprint density at radius 3 is 2.77 bits per heavy atom. The van der Waals surface area contributed by atoms with E-state index in [-0.39, 0.29) is 11.8 Å². The number of aryl methyl sites for hydroxylation is 1. The topological polar surface area (TPSA) is 55.2 Å². The number of fused-ring (bicyclic) bond motifs is 4. The fraction of sp³-hybridized carbons (Fsp3) is 0.440. The summed E-state index contributed by atoms with van der Waals surface area (Å²) in [7, 11) is 1.58. The van der Waals surface area contributed by atoms with Crippen molar-refractivity contribution in [3.05, 3.63) is 58.3 Å². The van der Waals surface area contributed by atoms with E-state index in [2.05, 4.69) is 25.8 Å². The molecule has 4 heterocycles. The zero-order valence-corrected chi connectivity index (χ0v) is 20.7. The lowest BCUT2D eigenvalue weighted by molar-refractivity contribution is -0.101. The highest BCUT2D eigenvalue weighted by Crippen LogP contribution is 2.97. The van der Waals surface area contributed by atoms with Gasteiger partial charge in [0.15, 0.2) is 0 Å². The summed E-state index contributed by atoms with van der Waals surface area (Å²) in [5.41, 5.74) is 1.39. The number of hydrogen-bond acceptors (Lipinski definition) is 5. The summed E-state index contributed by atoms with van der Waals surface area (Å²) in [6, 6.07) is 3.85. The van der Waals surface area contributed by atoms with Crippen molar-refractivity contribution in [2.75, 3.05) is 18.7 Å². The highest BCUT2D eigenvalue weighted by molar-refractivity contribution is 9.11. The van der Waals surface area contributed by atoms with Crippen LogP contribution in [0.5, 0.6) is 5.88 Å². The lowest BCUT2D eigenvalue weighted by Crippen LogP contribution is -2.38. The van der Waals surface area contributed by atoms with E-state index in [1.165, 1.54) is 6.08 Å². The number of alkyl halides is 3. The first-order chi connectivity index (χ1) is 16.7. The van der Waals surface area contributed by atoms with Crippen LogP contribution in [0, 0.1) is 17.3 Å². The third kappa shape index (κ3) is 2.61. The van der Waals surface area contributed by atoms with E-state index in [1.54, 1.807) is 7.11 Å². The van der Waals surface area contributed by atoms with Crippen LogP contribution in [-0.4, -0.2) is 34.5 Å². The Hall–Kier alpha value is -2.75. The maximum atomic E-state index is 14.1. The Morgan fingerprint density at radius 2 is 2.06 bits per heavy atom. The first kappa shape index (κ1) is 21.5. The van der Waals surface area contributed by atoms with Crippen LogP contribution in [0.3, 0.4) is 0 Å². The van der Waals surface area contributed by atoms with Crippen LogP contribution in [0.1, 0.15) is 25.6 Å². The maximum absolute atomic E-state index is 14.1. The first-order valence-corrected chi connectivity index (χ1v) is 12.5. The predicted molar refractivity (Wildman–Crippen MR) is 128 cm³/mol. The molecule has 2 aliphatic heterocycles. The number of halogens is 4. The van der Waals surface area contributed by atoms with Gasteiger partial charge in [0.05, 0.1) is 19.5 Å². The van der Waals surface area contributed by atoms with Crippen LogP contribution < -0.4 is 15.0 Å². The molecule has 0 saturated heterocycles. The number of pyridine rings is 1. The minimum atomic E-state index is -4.36. The molecule has 1 N–H and O–H groups in total. The molecule has 7 rings (SSSR count). The quantitative estimate of drug-likeness (QED) is 0.571. The number of ether oxygens (including phenoxy) is 1. The summed E-state index contributed by atoms with van der Waals surface area (Å²) >= 11 is 3.29. The van der Waals surface area contributed by atoms with Crippen molar-refractivity contribution in [1.29, 1.82) is 0 Å². The number of nitrogens with one attached hydrogen (secondary N) is 1. The second-order valence-electron chi connectivity index (χ2n) is 10.0. The summed E-state index contributed by atoms with van der Waals surface area (Å²) in [6.45, 7) is 3.38. The number of aromatic nitrogens is 3.